The number of nitrogens with zero attached hydrogens (tertiary/aromatic N) is 3. The van der Waals surface area contributed by atoms with E-state index in [4.69, 9.17) is 25.9 Å². The van der Waals surface area contributed by atoms with E-state index in [9.17, 15) is 14.7 Å². The number of halogens is 1. The van der Waals surface area contributed by atoms with E-state index in [-0.39, 0.29) is 24.9 Å². The third-order valence-corrected chi connectivity index (χ3v) is 9.44. The minimum Gasteiger partial charge on any atom is -0.508 e. The maximum Gasteiger partial charge on any atom is 0.310 e. The summed E-state index contributed by atoms with van der Waals surface area (Å²) in [6.45, 7) is 9.16. The summed E-state index contributed by atoms with van der Waals surface area (Å²) >= 11 is 7.13. The minimum atomic E-state index is -1.41. The Morgan fingerprint density at radius 2 is 1.89 bits per heavy atom. The molecule has 1 aromatic carbocycles. The number of carbonyl (C=O) groups is 2. The van der Waals surface area contributed by atoms with Gasteiger partial charge in [-0.25, -0.2) is 0 Å². The zero-order valence-electron chi connectivity index (χ0n) is 21.4. The molecular formula is C25H32ClN3O6SSi. The number of carbonyl (C=O) groups excluding carboxylic acids is 2. The molecule has 1 heterocycles. The molecule has 1 fully saturated rings. The number of phenolic OH excluding ortho intramolecular Hbond substituents is 1. The highest BCUT2D eigenvalue weighted by atomic mass is 35.5. The molecule has 0 aliphatic heterocycles. The van der Waals surface area contributed by atoms with E-state index < -0.39 is 37.8 Å². The fraction of sp³-hybridized carbons (Fsp3) is 0.560. The van der Waals surface area contributed by atoms with Crippen LogP contribution < -0.4 is 0 Å². The quantitative estimate of drug-likeness (QED) is 0.239. The fourth-order valence-corrected chi connectivity index (χ4v) is 6.31. The Bertz CT molecular complexity index is 1180. The Morgan fingerprint density at radius 3 is 2.57 bits per heavy atom. The number of hydrogen-bond acceptors (Lipinski definition) is 10. The highest BCUT2D eigenvalue weighted by Gasteiger charge is 2.57. The van der Waals surface area contributed by atoms with Gasteiger partial charge in [-0.1, -0.05) is 53.9 Å². The van der Waals surface area contributed by atoms with Gasteiger partial charge in [-0.05, 0) is 42.1 Å². The Morgan fingerprint density at radius 1 is 1.16 bits per heavy atom. The van der Waals surface area contributed by atoms with Crippen LogP contribution in [0.4, 0.5) is 0 Å². The number of benzene rings is 1. The maximum atomic E-state index is 13.5. The predicted octanol–water partition coefficient (Wildman–Crippen LogP) is 5.12. The van der Waals surface area contributed by atoms with Crippen molar-refractivity contribution in [2.75, 3.05) is 13.2 Å². The fourth-order valence-electron chi connectivity index (χ4n) is 4.99. The molecule has 0 spiro atoms. The molecule has 2 bridgehead atoms. The molecule has 0 saturated heterocycles. The van der Waals surface area contributed by atoms with Crippen molar-refractivity contribution in [2.24, 2.45) is 17.0 Å². The normalized spacial score (nSPS) is 23.5. The van der Waals surface area contributed by atoms with Crippen molar-refractivity contribution in [2.45, 2.75) is 63.9 Å². The lowest BCUT2D eigenvalue weighted by Crippen LogP contribution is -2.51. The van der Waals surface area contributed by atoms with Crippen LogP contribution in [0.15, 0.2) is 23.4 Å². The lowest BCUT2D eigenvalue weighted by Gasteiger charge is -2.47. The van der Waals surface area contributed by atoms with Gasteiger partial charge in [0.05, 0.1) is 30.8 Å². The molecule has 1 N–H and O–H groups in total. The maximum absolute atomic E-state index is 13.5. The number of hydrogen-bond donors (Lipinski definition) is 1. The van der Waals surface area contributed by atoms with E-state index in [1.54, 1.807) is 12.1 Å². The van der Waals surface area contributed by atoms with E-state index >= 15 is 0 Å². The summed E-state index contributed by atoms with van der Waals surface area (Å²) in [5.74, 6) is -3.33. The van der Waals surface area contributed by atoms with Gasteiger partial charge in [0.1, 0.15) is 15.8 Å². The summed E-state index contributed by atoms with van der Waals surface area (Å²) in [4.78, 5) is 32.5. The molecule has 9 nitrogen and oxygen atoms in total. The molecule has 200 valence electrons. The van der Waals surface area contributed by atoms with Crippen LogP contribution in [0, 0.1) is 11.8 Å². The van der Waals surface area contributed by atoms with Crippen molar-refractivity contribution in [3.8, 4) is 5.75 Å². The van der Waals surface area contributed by atoms with Crippen molar-refractivity contribution in [3.05, 3.63) is 39.4 Å². The van der Waals surface area contributed by atoms with Gasteiger partial charge >= 0.3 is 11.9 Å². The topological polar surface area (TPSA) is 120 Å². The minimum absolute atomic E-state index is 0.0240. The lowest BCUT2D eigenvalue weighted by molar-refractivity contribution is -0.163. The zero-order valence-corrected chi connectivity index (χ0v) is 24.0. The van der Waals surface area contributed by atoms with Gasteiger partial charge in [-0.15, -0.1) is 5.10 Å². The van der Waals surface area contributed by atoms with Gasteiger partial charge in [0.15, 0.2) is 6.61 Å². The lowest BCUT2D eigenvalue weighted by atomic mass is 9.55. The smallest absolute Gasteiger partial charge is 0.310 e. The van der Waals surface area contributed by atoms with Crippen LogP contribution in [0.1, 0.15) is 48.4 Å². The van der Waals surface area contributed by atoms with Crippen LogP contribution in [0.25, 0.3) is 0 Å². The molecule has 1 saturated carbocycles. The monoisotopic (exact) mass is 565 g/mol. The molecule has 1 unspecified atom stereocenters. The number of ether oxygens (including phenoxy) is 2. The van der Waals surface area contributed by atoms with Crippen molar-refractivity contribution >= 4 is 48.9 Å². The highest BCUT2D eigenvalue weighted by Crippen LogP contribution is 2.56. The number of aromatic hydroxyl groups is 1. The molecule has 3 aliphatic rings. The van der Waals surface area contributed by atoms with Crippen LogP contribution in [-0.2, 0) is 30.5 Å². The van der Waals surface area contributed by atoms with Gasteiger partial charge in [0, 0.05) is 31.4 Å². The highest BCUT2D eigenvalue weighted by molar-refractivity contribution is 7.10. The number of fused-ring (bicyclic) bond motifs is 2. The first kappa shape index (κ1) is 27.5. The van der Waals surface area contributed by atoms with E-state index in [0.29, 0.717) is 35.2 Å². The van der Waals surface area contributed by atoms with Gasteiger partial charge in [0.25, 0.3) is 0 Å². The van der Waals surface area contributed by atoms with Crippen LogP contribution in [0.5, 0.6) is 5.75 Å². The van der Waals surface area contributed by atoms with E-state index in [1.807, 2.05) is 13.0 Å². The summed E-state index contributed by atoms with van der Waals surface area (Å²) in [6.07, 6.45) is 1.07. The van der Waals surface area contributed by atoms with Gasteiger partial charge < -0.3 is 19.4 Å². The van der Waals surface area contributed by atoms with Crippen molar-refractivity contribution < 1.29 is 29.0 Å². The van der Waals surface area contributed by atoms with Crippen LogP contribution in [-0.4, -0.2) is 53.6 Å². The van der Waals surface area contributed by atoms with Gasteiger partial charge in [-0.2, -0.15) is 0 Å². The Labute approximate surface area is 226 Å². The standard InChI is InChI=1S/C25H32ClN3O6SSi/c1-5-8-33-25(32)22-20-16-11-14(30)6-7-15(16)17(21(22)24(31)34-9-10-37(2,3)4)12-18(20)28-35-13-19-23(26)36-29-27-19/h6-7,11,17,20-22,30H,5,8-10,12-13H2,1-4H3/b28-18-/t17?,20-,21-,22-/m1/s1. The summed E-state index contributed by atoms with van der Waals surface area (Å²) in [5.41, 5.74) is 2.72. The molecule has 2 aromatic rings. The second-order valence-corrected chi connectivity index (χ2v) is 17.6. The predicted molar refractivity (Wildman–Crippen MR) is 143 cm³/mol. The first-order valence-electron chi connectivity index (χ1n) is 12.4. The Kier molecular flexibility index (Phi) is 8.55. The Balaban J connectivity index is 1.68. The number of oxime groups is 1. The summed E-state index contributed by atoms with van der Waals surface area (Å²) in [5, 5.41) is 18.6. The van der Waals surface area contributed by atoms with Crippen LogP contribution >= 0.6 is 23.1 Å². The third-order valence-electron chi connectivity index (χ3n) is 6.75. The third kappa shape index (κ3) is 6.15. The number of phenols is 1. The molecule has 0 amide bonds. The first-order chi connectivity index (χ1) is 17.6. The van der Waals surface area contributed by atoms with E-state index in [2.05, 4.69) is 34.4 Å². The zero-order chi connectivity index (χ0) is 26.7. The van der Waals surface area contributed by atoms with E-state index in [0.717, 1.165) is 28.7 Å². The van der Waals surface area contributed by atoms with Crippen molar-refractivity contribution in [1.29, 1.82) is 0 Å². The molecule has 4 atom stereocenters. The van der Waals surface area contributed by atoms with E-state index in [1.165, 1.54) is 0 Å². The molecular weight excluding hydrogens is 534 g/mol. The van der Waals surface area contributed by atoms with Crippen LogP contribution in [0.3, 0.4) is 0 Å². The average Bonchev–Trinajstić information content (AvgIpc) is 3.25. The number of rotatable bonds is 10. The van der Waals surface area contributed by atoms with Crippen molar-refractivity contribution in [1.82, 2.24) is 9.59 Å². The second kappa shape index (κ2) is 11.5. The molecule has 3 aliphatic carbocycles. The summed E-state index contributed by atoms with van der Waals surface area (Å²) in [7, 11) is -1.41. The number of aromatic nitrogens is 2. The molecule has 1 aromatic heterocycles. The number of esters is 2. The van der Waals surface area contributed by atoms with Crippen molar-refractivity contribution in [3.63, 3.8) is 0 Å². The summed E-state index contributed by atoms with van der Waals surface area (Å²) < 4.78 is 15.5. The Hall–Kier alpha value is -2.50. The molecule has 37 heavy (non-hydrogen) atoms. The van der Waals surface area contributed by atoms with Gasteiger partial charge in [-0.3, -0.25) is 9.59 Å². The first-order valence-corrected chi connectivity index (χ1v) is 17.3. The largest absolute Gasteiger partial charge is 0.508 e. The second-order valence-electron chi connectivity index (χ2n) is 10.6. The average molecular weight is 566 g/mol. The summed E-state index contributed by atoms with van der Waals surface area (Å²) in [6, 6.07) is 5.89. The molecule has 12 heteroatoms. The molecule has 5 rings (SSSR count). The SMILES string of the molecule is CCCOC(=O)[C@H]1[C@H](C(=O)OCC[Si](C)(C)C)C2C/C(=N/OCc3nnsc3Cl)[C@H]1c1cc(O)ccc12. The molecule has 0 radical (unpaired) electrons. The van der Waals surface area contributed by atoms with Crippen LogP contribution in [0.2, 0.25) is 30.0 Å². The van der Waals surface area contributed by atoms with Gasteiger partial charge in [0.2, 0.25) is 0 Å².